The predicted octanol–water partition coefficient (Wildman–Crippen LogP) is 1.16. The number of fused-ring (bicyclic) bond motifs is 1. The van der Waals surface area contributed by atoms with Crippen molar-refractivity contribution in [3.05, 3.63) is 45.7 Å². The van der Waals surface area contributed by atoms with E-state index in [1.807, 2.05) is 31.2 Å². The number of rotatable bonds is 2. The van der Waals surface area contributed by atoms with E-state index in [2.05, 4.69) is 15.2 Å². The number of nitrogens with one attached hydrogen (secondary N) is 2. The van der Waals surface area contributed by atoms with E-state index in [1.54, 1.807) is 0 Å². The highest BCUT2D eigenvalue weighted by Gasteiger charge is 2.15. The summed E-state index contributed by atoms with van der Waals surface area (Å²) in [4.78, 5) is 28.6. The molecule has 0 radical (unpaired) electrons. The van der Waals surface area contributed by atoms with Gasteiger partial charge in [0.15, 0.2) is 0 Å². The molecule has 3 rings (SSSR count). The molecule has 21 heavy (non-hydrogen) atoms. The molecule has 2 heterocycles. The first-order valence-corrected chi connectivity index (χ1v) is 7.23. The second-order valence-corrected chi connectivity index (χ2v) is 5.59. The van der Waals surface area contributed by atoms with Crippen molar-refractivity contribution in [2.75, 3.05) is 19.6 Å². The zero-order valence-corrected chi connectivity index (χ0v) is 12.1. The molecular formula is C16H19N3O2. The second kappa shape index (κ2) is 5.69. The van der Waals surface area contributed by atoms with Crippen LogP contribution in [0.3, 0.4) is 0 Å². The van der Waals surface area contributed by atoms with Crippen LogP contribution >= 0.6 is 0 Å². The molecule has 1 amide bonds. The number of pyridine rings is 1. The summed E-state index contributed by atoms with van der Waals surface area (Å²) in [5.41, 5.74) is 2.71. The van der Waals surface area contributed by atoms with E-state index < -0.39 is 0 Å². The number of hydrogen-bond donors (Lipinski definition) is 2. The summed E-state index contributed by atoms with van der Waals surface area (Å²) in [5, 5.41) is 3.89. The van der Waals surface area contributed by atoms with E-state index >= 15 is 0 Å². The molecule has 0 spiro atoms. The van der Waals surface area contributed by atoms with E-state index in [4.69, 9.17) is 0 Å². The average Bonchev–Trinajstić information content (AvgIpc) is 2.65. The fraction of sp³-hybridized carbons (Fsp3) is 0.375. The fourth-order valence-electron chi connectivity index (χ4n) is 2.69. The molecule has 0 bridgehead atoms. The van der Waals surface area contributed by atoms with Crippen molar-refractivity contribution in [3.63, 3.8) is 0 Å². The highest BCUT2D eigenvalue weighted by atomic mass is 16.1. The van der Waals surface area contributed by atoms with Crippen molar-refractivity contribution in [3.8, 4) is 0 Å². The van der Waals surface area contributed by atoms with Gasteiger partial charge in [0, 0.05) is 43.7 Å². The summed E-state index contributed by atoms with van der Waals surface area (Å²) in [5.74, 6) is 0.0837. The molecule has 5 heteroatoms. The lowest BCUT2D eigenvalue weighted by molar-refractivity contribution is -0.120. The number of nitrogens with zero attached hydrogens (tertiary/aromatic N) is 1. The Kier molecular flexibility index (Phi) is 3.75. The number of benzene rings is 1. The van der Waals surface area contributed by atoms with Crippen molar-refractivity contribution in [1.82, 2.24) is 15.2 Å². The second-order valence-electron chi connectivity index (χ2n) is 5.59. The minimum Gasteiger partial charge on any atom is -0.355 e. The van der Waals surface area contributed by atoms with E-state index in [0.29, 0.717) is 26.1 Å². The lowest BCUT2D eigenvalue weighted by Crippen LogP contribution is -2.30. The summed E-state index contributed by atoms with van der Waals surface area (Å²) in [6.07, 6.45) is 0.491. The maximum Gasteiger partial charge on any atom is 0.252 e. The number of carbonyl (C=O) groups is 1. The van der Waals surface area contributed by atoms with Crippen LogP contribution in [0.25, 0.3) is 10.9 Å². The van der Waals surface area contributed by atoms with Gasteiger partial charge in [-0.2, -0.15) is 0 Å². The van der Waals surface area contributed by atoms with Crippen LogP contribution < -0.4 is 10.9 Å². The molecule has 1 fully saturated rings. The third-order valence-corrected chi connectivity index (χ3v) is 3.88. The van der Waals surface area contributed by atoms with Crippen LogP contribution in [0, 0.1) is 6.92 Å². The molecule has 0 saturated carbocycles. The first kappa shape index (κ1) is 13.8. The Hall–Kier alpha value is -2.14. The highest BCUT2D eigenvalue weighted by molar-refractivity contribution is 5.79. The van der Waals surface area contributed by atoms with Crippen LogP contribution in [0.4, 0.5) is 0 Å². The van der Waals surface area contributed by atoms with Crippen molar-refractivity contribution in [1.29, 1.82) is 0 Å². The van der Waals surface area contributed by atoms with Crippen molar-refractivity contribution in [2.45, 2.75) is 19.9 Å². The number of aromatic amines is 1. The van der Waals surface area contributed by atoms with E-state index in [9.17, 15) is 9.59 Å². The molecule has 1 aliphatic heterocycles. The lowest BCUT2D eigenvalue weighted by Gasteiger charge is -2.18. The highest BCUT2D eigenvalue weighted by Crippen LogP contribution is 2.14. The summed E-state index contributed by atoms with van der Waals surface area (Å²) >= 11 is 0. The molecule has 5 nitrogen and oxygen atoms in total. The van der Waals surface area contributed by atoms with Gasteiger partial charge in [-0.3, -0.25) is 14.5 Å². The van der Waals surface area contributed by atoms with Gasteiger partial charge >= 0.3 is 0 Å². The van der Waals surface area contributed by atoms with E-state index in [-0.39, 0.29) is 11.5 Å². The van der Waals surface area contributed by atoms with Crippen molar-refractivity contribution >= 4 is 16.8 Å². The van der Waals surface area contributed by atoms with Gasteiger partial charge in [-0.15, -0.1) is 0 Å². The number of aryl methyl sites for hydroxylation is 1. The van der Waals surface area contributed by atoms with Gasteiger partial charge in [-0.25, -0.2) is 0 Å². The fourth-order valence-corrected chi connectivity index (χ4v) is 2.69. The van der Waals surface area contributed by atoms with Gasteiger partial charge in [0.05, 0.1) is 0 Å². The molecule has 1 aromatic heterocycles. The molecule has 1 aromatic carbocycles. The molecular weight excluding hydrogens is 266 g/mol. The van der Waals surface area contributed by atoms with E-state index in [1.165, 1.54) is 0 Å². The maximum absolute atomic E-state index is 12.2. The maximum atomic E-state index is 12.2. The van der Waals surface area contributed by atoms with Gasteiger partial charge in [-0.1, -0.05) is 12.1 Å². The molecule has 2 aromatic rings. The van der Waals surface area contributed by atoms with Gasteiger partial charge in [0.25, 0.3) is 5.56 Å². The van der Waals surface area contributed by atoms with Crippen LogP contribution in [-0.4, -0.2) is 35.4 Å². The Morgan fingerprint density at radius 3 is 2.90 bits per heavy atom. The van der Waals surface area contributed by atoms with Crippen LogP contribution in [0.2, 0.25) is 0 Å². The lowest BCUT2D eigenvalue weighted by atomic mass is 10.1. The molecule has 0 unspecified atom stereocenters. The van der Waals surface area contributed by atoms with Gasteiger partial charge in [0.1, 0.15) is 0 Å². The van der Waals surface area contributed by atoms with Gasteiger partial charge in [0.2, 0.25) is 5.91 Å². The number of hydrogen-bond acceptors (Lipinski definition) is 3. The van der Waals surface area contributed by atoms with Gasteiger partial charge < -0.3 is 10.3 Å². The Bertz CT molecular complexity index is 736. The summed E-state index contributed by atoms with van der Waals surface area (Å²) in [6.45, 7) is 4.69. The first-order valence-electron chi connectivity index (χ1n) is 7.23. The van der Waals surface area contributed by atoms with Crippen molar-refractivity contribution < 1.29 is 4.79 Å². The largest absolute Gasteiger partial charge is 0.355 e. The smallest absolute Gasteiger partial charge is 0.252 e. The summed E-state index contributed by atoms with van der Waals surface area (Å²) in [7, 11) is 0. The third kappa shape index (κ3) is 3.13. The zero-order chi connectivity index (χ0) is 14.8. The van der Waals surface area contributed by atoms with Crippen LogP contribution in [0.15, 0.2) is 29.1 Å². The standard InChI is InChI=1S/C16H19N3O2/c1-11-2-3-12-9-13(16(21)18-14(12)8-11)10-19-6-4-15(20)17-5-7-19/h2-3,8-9H,4-7,10H2,1H3,(H,17,20)(H,18,21). The number of amides is 1. The summed E-state index contributed by atoms with van der Waals surface area (Å²) < 4.78 is 0. The Balaban J connectivity index is 1.86. The topological polar surface area (TPSA) is 65.2 Å². The normalized spacial score (nSPS) is 16.7. The molecule has 110 valence electrons. The molecule has 0 atom stereocenters. The minimum atomic E-state index is -0.0448. The average molecular weight is 285 g/mol. The van der Waals surface area contributed by atoms with Crippen LogP contribution in [0.5, 0.6) is 0 Å². The van der Waals surface area contributed by atoms with Crippen molar-refractivity contribution in [2.24, 2.45) is 0 Å². The van der Waals surface area contributed by atoms with E-state index in [0.717, 1.165) is 28.6 Å². The predicted molar refractivity (Wildman–Crippen MR) is 82.2 cm³/mol. The summed E-state index contributed by atoms with van der Waals surface area (Å²) in [6, 6.07) is 8.00. The number of aromatic nitrogens is 1. The molecule has 2 N–H and O–H groups in total. The monoisotopic (exact) mass is 285 g/mol. The first-order chi connectivity index (χ1) is 10.1. The quantitative estimate of drug-likeness (QED) is 0.870. The minimum absolute atomic E-state index is 0.0448. The van der Waals surface area contributed by atoms with Crippen LogP contribution in [0.1, 0.15) is 17.5 Å². The Morgan fingerprint density at radius 2 is 2.05 bits per heavy atom. The molecule has 1 aliphatic rings. The Labute approximate surface area is 123 Å². The SMILES string of the molecule is Cc1ccc2cc(CN3CCNC(=O)CC3)c(=O)[nH]c2c1. The molecule has 0 aliphatic carbocycles. The number of carbonyl (C=O) groups excluding carboxylic acids is 1. The zero-order valence-electron chi connectivity index (χ0n) is 12.1. The molecule has 1 saturated heterocycles. The van der Waals surface area contributed by atoms with Crippen LogP contribution in [-0.2, 0) is 11.3 Å². The number of H-pyrrole nitrogens is 1. The third-order valence-electron chi connectivity index (χ3n) is 3.88. The Morgan fingerprint density at radius 1 is 1.19 bits per heavy atom. The van der Waals surface area contributed by atoms with Gasteiger partial charge in [-0.05, 0) is 30.0 Å².